The van der Waals surface area contributed by atoms with Crippen molar-refractivity contribution in [1.29, 1.82) is 0 Å². The number of aromatic amines is 1. The van der Waals surface area contributed by atoms with Gasteiger partial charge in [0.25, 0.3) is 5.91 Å². The summed E-state index contributed by atoms with van der Waals surface area (Å²) in [5.74, 6) is 1.70. The average molecular weight is 389 g/mol. The van der Waals surface area contributed by atoms with E-state index >= 15 is 0 Å². The van der Waals surface area contributed by atoms with E-state index in [9.17, 15) is 4.79 Å². The van der Waals surface area contributed by atoms with Crippen molar-refractivity contribution in [1.82, 2.24) is 24.8 Å². The number of amides is 1. The van der Waals surface area contributed by atoms with Crippen LogP contribution in [0.25, 0.3) is 21.5 Å². The third-order valence-corrected chi connectivity index (χ3v) is 5.97. The fourth-order valence-corrected chi connectivity index (χ4v) is 4.58. The van der Waals surface area contributed by atoms with E-state index in [0.717, 1.165) is 50.9 Å². The first-order chi connectivity index (χ1) is 13.6. The Morgan fingerprint density at radius 2 is 1.93 bits per heavy atom. The molecule has 0 aliphatic carbocycles. The Hall–Kier alpha value is -3.06. The molecule has 1 amide bonds. The summed E-state index contributed by atoms with van der Waals surface area (Å²) < 4.78 is 1.07. The smallest absolute Gasteiger partial charge is 0.254 e. The molecule has 0 saturated carbocycles. The Morgan fingerprint density at radius 3 is 2.75 bits per heavy atom. The van der Waals surface area contributed by atoms with Crippen LogP contribution in [0.4, 0.5) is 0 Å². The number of carbonyl (C=O) groups excluding carboxylic acids is 1. The van der Waals surface area contributed by atoms with Gasteiger partial charge in [0.1, 0.15) is 11.6 Å². The van der Waals surface area contributed by atoms with Crippen LogP contribution >= 0.6 is 11.3 Å². The highest BCUT2D eigenvalue weighted by Gasteiger charge is 2.24. The van der Waals surface area contributed by atoms with Crippen LogP contribution in [-0.2, 0) is 13.0 Å². The molecule has 1 N–H and O–H groups in total. The number of rotatable bonds is 2. The van der Waals surface area contributed by atoms with Gasteiger partial charge in [0.05, 0.1) is 33.8 Å². The van der Waals surface area contributed by atoms with E-state index in [4.69, 9.17) is 0 Å². The van der Waals surface area contributed by atoms with Crippen molar-refractivity contribution in [2.24, 2.45) is 0 Å². The molecule has 3 aromatic heterocycles. The molecule has 6 nitrogen and oxygen atoms in total. The van der Waals surface area contributed by atoms with Gasteiger partial charge in [-0.3, -0.25) is 4.79 Å². The topological polar surface area (TPSA) is 74.8 Å². The van der Waals surface area contributed by atoms with E-state index in [1.165, 1.54) is 0 Å². The fraction of sp³-hybridized carbons (Fsp3) is 0.238. The van der Waals surface area contributed by atoms with Crippen molar-refractivity contribution in [3.05, 3.63) is 64.3 Å². The van der Waals surface area contributed by atoms with Crippen molar-refractivity contribution < 1.29 is 4.79 Å². The predicted octanol–water partition coefficient (Wildman–Crippen LogP) is 3.90. The lowest BCUT2D eigenvalue weighted by Crippen LogP contribution is -2.36. The van der Waals surface area contributed by atoms with Crippen LogP contribution in [0.2, 0.25) is 0 Å². The van der Waals surface area contributed by atoms with E-state index < -0.39 is 0 Å². The Labute approximate surface area is 166 Å². The van der Waals surface area contributed by atoms with E-state index in [1.807, 2.05) is 54.5 Å². The minimum Gasteiger partial charge on any atom is -0.344 e. The highest BCUT2D eigenvalue weighted by atomic mass is 32.1. The molecule has 1 aliphatic rings. The number of hydrogen-bond acceptors (Lipinski definition) is 5. The zero-order valence-corrected chi connectivity index (χ0v) is 16.5. The summed E-state index contributed by atoms with van der Waals surface area (Å²) in [7, 11) is 0. The fourth-order valence-electron chi connectivity index (χ4n) is 3.74. The van der Waals surface area contributed by atoms with Gasteiger partial charge in [-0.1, -0.05) is 12.1 Å². The molecule has 28 heavy (non-hydrogen) atoms. The Bertz CT molecular complexity index is 1190. The van der Waals surface area contributed by atoms with Crippen LogP contribution in [0, 0.1) is 13.8 Å². The first-order valence-electron chi connectivity index (χ1n) is 9.24. The summed E-state index contributed by atoms with van der Waals surface area (Å²) in [6.45, 7) is 5.12. The van der Waals surface area contributed by atoms with E-state index in [-0.39, 0.29) is 5.91 Å². The molecule has 0 unspecified atom stereocenters. The number of H-pyrrole nitrogens is 1. The van der Waals surface area contributed by atoms with Crippen molar-refractivity contribution in [3.8, 4) is 11.3 Å². The molecule has 4 aromatic rings. The van der Waals surface area contributed by atoms with E-state index in [0.29, 0.717) is 18.7 Å². The number of fused-ring (bicyclic) bond motifs is 2. The van der Waals surface area contributed by atoms with Crippen LogP contribution in [0.5, 0.6) is 0 Å². The summed E-state index contributed by atoms with van der Waals surface area (Å²) >= 11 is 1.64. The van der Waals surface area contributed by atoms with Crippen molar-refractivity contribution in [2.75, 3.05) is 6.54 Å². The van der Waals surface area contributed by atoms with Crippen LogP contribution in [0.3, 0.4) is 0 Å². The van der Waals surface area contributed by atoms with Gasteiger partial charge < -0.3 is 9.88 Å². The number of aryl methyl sites for hydroxylation is 2. The first kappa shape index (κ1) is 17.1. The number of carbonyl (C=O) groups is 1. The van der Waals surface area contributed by atoms with Gasteiger partial charge in [-0.25, -0.2) is 15.0 Å². The minimum absolute atomic E-state index is 0.0459. The van der Waals surface area contributed by atoms with Crippen LogP contribution < -0.4 is 0 Å². The molecule has 140 valence electrons. The second-order valence-electron chi connectivity index (χ2n) is 7.06. The van der Waals surface area contributed by atoms with Gasteiger partial charge in [0.2, 0.25) is 0 Å². The van der Waals surface area contributed by atoms with Crippen molar-refractivity contribution in [3.63, 3.8) is 0 Å². The van der Waals surface area contributed by atoms with Crippen LogP contribution in [0.1, 0.15) is 33.4 Å². The van der Waals surface area contributed by atoms with E-state index in [1.54, 1.807) is 11.3 Å². The molecule has 1 aliphatic heterocycles. The van der Waals surface area contributed by atoms with Crippen LogP contribution in [-0.4, -0.2) is 37.3 Å². The molecule has 0 atom stereocenters. The second-order valence-corrected chi connectivity index (χ2v) is 7.97. The number of imidazole rings is 1. The number of hydrogen-bond donors (Lipinski definition) is 1. The maximum atomic E-state index is 13.0. The normalized spacial score (nSPS) is 13.7. The lowest BCUT2D eigenvalue weighted by atomic mass is 10.1. The second kappa shape index (κ2) is 6.53. The van der Waals surface area contributed by atoms with Gasteiger partial charge >= 0.3 is 0 Å². The largest absolute Gasteiger partial charge is 0.344 e. The standard InChI is InChI=1S/C21H19N5OS/c1-12-22-16-7-9-26(11-18(16)24-12)21(27)15-5-3-14(4-6-15)19-20-17(8-10-28-20)23-13(2)25-19/h3-6,8,10H,7,9,11H2,1-2H3,(H,22,24). The minimum atomic E-state index is 0.0459. The maximum Gasteiger partial charge on any atom is 0.254 e. The Balaban J connectivity index is 1.42. The highest BCUT2D eigenvalue weighted by Crippen LogP contribution is 2.30. The number of aromatic nitrogens is 4. The third kappa shape index (κ3) is 2.88. The summed E-state index contributed by atoms with van der Waals surface area (Å²) in [5, 5.41) is 2.03. The van der Waals surface area contributed by atoms with Gasteiger partial charge in [0.15, 0.2) is 0 Å². The first-order valence-corrected chi connectivity index (χ1v) is 10.1. The molecular formula is C21H19N5OS. The predicted molar refractivity (Wildman–Crippen MR) is 109 cm³/mol. The molecule has 0 fully saturated rings. The van der Waals surface area contributed by atoms with Gasteiger partial charge in [-0.05, 0) is 37.4 Å². The zero-order valence-electron chi connectivity index (χ0n) is 15.7. The number of nitrogens with zero attached hydrogens (tertiary/aromatic N) is 4. The quantitative estimate of drug-likeness (QED) is 0.564. The lowest BCUT2D eigenvalue weighted by Gasteiger charge is -2.26. The monoisotopic (exact) mass is 389 g/mol. The SMILES string of the molecule is Cc1nc(-c2ccc(C(=O)N3CCc4nc(C)[nH]c4C3)cc2)c2sccc2n1. The molecule has 4 heterocycles. The molecule has 0 bridgehead atoms. The molecule has 1 aromatic carbocycles. The zero-order chi connectivity index (χ0) is 19.3. The number of nitrogens with one attached hydrogen (secondary N) is 1. The van der Waals surface area contributed by atoms with Gasteiger partial charge in [-0.2, -0.15) is 0 Å². The van der Waals surface area contributed by atoms with Crippen molar-refractivity contribution in [2.45, 2.75) is 26.8 Å². The summed E-state index contributed by atoms with van der Waals surface area (Å²) in [5.41, 5.74) is 5.70. The molecule has 5 rings (SSSR count). The maximum absolute atomic E-state index is 13.0. The molecule has 0 spiro atoms. The highest BCUT2D eigenvalue weighted by molar-refractivity contribution is 7.17. The summed E-state index contributed by atoms with van der Waals surface area (Å²) in [4.78, 5) is 31.7. The molecule has 7 heteroatoms. The van der Waals surface area contributed by atoms with Gasteiger partial charge in [0, 0.05) is 24.1 Å². The lowest BCUT2D eigenvalue weighted by molar-refractivity contribution is 0.0732. The Morgan fingerprint density at radius 1 is 1.11 bits per heavy atom. The van der Waals surface area contributed by atoms with Crippen molar-refractivity contribution >= 4 is 27.5 Å². The van der Waals surface area contributed by atoms with Crippen LogP contribution in [0.15, 0.2) is 35.7 Å². The molecule has 0 saturated heterocycles. The number of benzene rings is 1. The Kier molecular flexibility index (Phi) is 3.98. The summed E-state index contributed by atoms with van der Waals surface area (Å²) in [6.07, 6.45) is 0.792. The molecular weight excluding hydrogens is 370 g/mol. The third-order valence-electron chi connectivity index (χ3n) is 5.06. The van der Waals surface area contributed by atoms with E-state index in [2.05, 4.69) is 19.9 Å². The van der Waals surface area contributed by atoms with Gasteiger partial charge in [-0.15, -0.1) is 11.3 Å². The molecule has 0 radical (unpaired) electrons. The summed E-state index contributed by atoms with van der Waals surface area (Å²) in [6, 6.07) is 9.75. The number of thiophene rings is 1. The average Bonchev–Trinajstić information content (AvgIpc) is 3.31.